The van der Waals surface area contributed by atoms with Crippen LogP contribution in [-0.4, -0.2) is 68.5 Å². The number of carbonyl (C=O) groups is 1. The van der Waals surface area contributed by atoms with Gasteiger partial charge < -0.3 is 28.8 Å². The van der Waals surface area contributed by atoms with Gasteiger partial charge in [-0.3, -0.25) is 9.36 Å². The standard InChI is InChI=1S/C48H93N2O6P/c1-6-8-10-12-14-16-18-20-22-23-24-25-26-27-28-29-31-33-35-37-39-41-47(51)46(45-56-57(53,54)55-44-43-50(3,4)5)49-48(52)42-40-38-36-34-32-30-21-19-17-15-13-11-9-7-2/h19,21,31,33,39,41,46-47,51H,6-18,20,22-30,32,34-38,40,42-45H2,1-5H3,(H-,49,52,53,54)/b21-19-,33-31+,41-39+. The summed E-state index contributed by atoms with van der Waals surface area (Å²) >= 11 is 0. The monoisotopic (exact) mass is 825 g/mol. The van der Waals surface area contributed by atoms with Gasteiger partial charge in [-0.05, 0) is 57.8 Å². The highest BCUT2D eigenvalue weighted by molar-refractivity contribution is 7.45. The number of likely N-dealkylation sites (N-methyl/N-ethyl adjacent to an activating group) is 1. The number of carbonyl (C=O) groups excluding carboxylic acids is 1. The molecule has 57 heavy (non-hydrogen) atoms. The maximum absolute atomic E-state index is 12.8. The third-order valence-electron chi connectivity index (χ3n) is 10.6. The average Bonchev–Trinajstić information content (AvgIpc) is 3.16. The molecule has 3 atom stereocenters. The van der Waals surface area contributed by atoms with Crippen LogP contribution in [0.5, 0.6) is 0 Å². The van der Waals surface area contributed by atoms with Crippen molar-refractivity contribution in [2.45, 2.75) is 225 Å². The molecule has 0 bridgehead atoms. The van der Waals surface area contributed by atoms with Crippen LogP contribution in [-0.2, 0) is 18.4 Å². The van der Waals surface area contributed by atoms with Gasteiger partial charge in [0.2, 0.25) is 5.91 Å². The summed E-state index contributed by atoms with van der Waals surface area (Å²) in [6.45, 7) is 4.61. The number of rotatable bonds is 43. The Kier molecular flexibility index (Phi) is 39.2. The predicted octanol–water partition coefficient (Wildman–Crippen LogP) is 12.8. The van der Waals surface area contributed by atoms with Gasteiger partial charge in [0, 0.05) is 6.42 Å². The summed E-state index contributed by atoms with van der Waals surface area (Å²) in [4.78, 5) is 25.3. The number of phosphoric ester groups is 1. The summed E-state index contributed by atoms with van der Waals surface area (Å²) in [6.07, 6.45) is 49.1. The van der Waals surface area contributed by atoms with Crippen molar-refractivity contribution in [3.63, 3.8) is 0 Å². The first kappa shape index (κ1) is 55.7. The Morgan fingerprint density at radius 2 is 0.982 bits per heavy atom. The zero-order valence-corrected chi connectivity index (χ0v) is 38.9. The van der Waals surface area contributed by atoms with E-state index in [4.69, 9.17) is 9.05 Å². The van der Waals surface area contributed by atoms with Gasteiger partial charge in [0.25, 0.3) is 7.82 Å². The number of aliphatic hydroxyl groups excluding tert-OH is 1. The van der Waals surface area contributed by atoms with E-state index in [0.717, 1.165) is 57.8 Å². The minimum absolute atomic E-state index is 0.00781. The quantitative estimate of drug-likeness (QED) is 0.0274. The van der Waals surface area contributed by atoms with E-state index in [-0.39, 0.29) is 12.5 Å². The molecule has 0 saturated heterocycles. The third-order valence-corrected chi connectivity index (χ3v) is 11.5. The number of unbranched alkanes of at least 4 members (excludes halogenated alkanes) is 26. The predicted molar refractivity (Wildman–Crippen MR) is 242 cm³/mol. The average molecular weight is 825 g/mol. The van der Waals surface area contributed by atoms with Crippen LogP contribution < -0.4 is 10.2 Å². The molecule has 0 aromatic heterocycles. The molecule has 0 spiro atoms. The lowest BCUT2D eigenvalue weighted by atomic mass is 10.0. The summed E-state index contributed by atoms with van der Waals surface area (Å²) in [7, 11) is 1.24. The molecule has 9 heteroatoms. The number of allylic oxidation sites excluding steroid dienone is 5. The van der Waals surface area contributed by atoms with Gasteiger partial charge in [0.15, 0.2) is 0 Å². The van der Waals surface area contributed by atoms with Crippen molar-refractivity contribution >= 4 is 13.7 Å². The highest BCUT2D eigenvalue weighted by Gasteiger charge is 2.23. The fourth-order valence-corrected chi connectivity index (χ4v) is 7.47. The molecule has 336 valence electrons. The molecule has 0 radical (unpaired) electrons. The Labute approximate surface area is 353 Å². The normalized spacial score (nSPS) is 14.6. The van der Waals surface area contributed by atoms with E-state index < -0.39 is 26.6 Å². The van der Waals surface area contributed by atoms with Crippen molar-refractivity contribution in [3.8, 4) is 0 Å². The van der Waals surface area contributed by atoms with Gasteiger partial charge in [0.1, 0.15) is 13.2 Å². The Bertz CT molecular complexity index is 1030. The second-order valence-electron chi connectivity index (χ2n) is 17.5. The molecule has 8 nitrogen and oxygen atoms in total. The van der Waals surface area contributed by atoms with Crippen molar-refractivity contribution < 1.29 is 32.9 Å². The van der Waals surface area contributed by atoms with Gasteiger partial charge in [-0.2, -0.15) is 0 Å². The van der Waals surface area contributed by atoms with Crippen LogP contribution in [0.3, 0.4) is 0 Å². The van der Waals surface area contributed by atoms with Gasteiger partial charge in [-0.15, -0.1) is 0 Å². The number of phosphoric acid groups is 1. The number of hydrogen-bond donors (Lipinski definition) is 2. The Balaban J connectivity index is 4.41. The number of hydrogen-bond acceptors (Lipinski definition) is 6. The van der Waals surface area contributed by atoms with Crippen LogP contribution in [0.1, 0.15) is 213 Å². The molecule has 1 amide bonds. The van der Waals surface area contributed by atoms with E-state index in [1.54, 1.807) is 6.08 Å². The highest BCUT2D eigenvalue weighted by Crippen LogP contribution is 2.38. The minimum atomic E-state index is -4.60. The second kappa shape index (κ2) is 40.1. The van der Waals surface area contributed by atoms with Gasteiger partial charge in [0.05, 0.1) is 39.9 Å². The van der Waals surface area contributed by atoms with E-state index in [0.29, 0.717) is 17.4 Å². The molecule has 0 aliphatic rings. The number of nitrogens with one attached hydrogen (secondary N) is 1. The van der Waals surface area contributed by atoms with Crippen molar-refractivity contribution in [2.24, 2.45) is 0 Å². The lowest BCUT2D eigenvalue weighted by Crippen LogP contribution is -2.45. The fraction of sp³-hybridized carbons (Fsp3) is 0.854. The van der Waals surface area contributed by atoms with Gasteiger partial charge in [-0.1, -0.05) is 185 Å². The molecule has 0 saturated carbocycles. The number of nitrogens with zero attached hydrogens (tertiary/aromatic N) is 1. The summed E-state index contributed by atoms with van der Waals surface area (Å²) in [5.41, 5.74) is 0. The lowest BCUT2D eigenvalue weighted by Gasteiger charge is -2.29. The highest BCUT2D eigenvalue weighted by atomic mass is 31.2. The molecule has 3 unspecified atom stereocenters. The van der Waals surface area contributed by atoms with E-state index >= 15 is 0 Å². The van der Waals surface area contributed by atoms with Crippen LogP contribution in [0.2, 0.25) is 0 Å². The molecule has 0 heterocycles. The van der Waals surface area contributed by atoms with E-state index in [2.05, 4.69) is 43.5 Å². The van der Waals surface area contributed by atoms with Crippen molar-refractivity contribution in [1.29, 1.82) is 0 Å². The summed E-state index contributed by atoms with van der Waals surface area (Å²) in [5, 5.41) is 13.8. The molecular formula is C48H93N2O6P. The molecule has 2 N–H and O–H groups in total. The number of amides is 1. The van der Waals surface area contributed by atoms with E-state index in [1.165, 1.54) is 135 Å². The van der Waals surface area contributed by atoms with Crippen molar-refractivity contribution in [3.05, 3.63) is 36.5 Å². The summed E-state index contributed by atoms with van der Waals surface area (Å²) < 4.78 is 23.2. The largest absolute Gasteiger partial charge is 0.756 e. The lowest BCUT2D eigenvalue weighted by molar-refractivity contribution is -0.870. The Morgan fingerprint density at radius 1 is 0.596 bits per heavy atom. The first-order valence-electron chi connectivity index (χ1n) is 23.9. The zero-order chi connectivity index (χ0) is 42.1. The Morgan fingerprint density at radius 3 is 1.42 bits per heavy atom. The first-order valence-corrected chi connectivity index (χ1v) is 25.3. The summed E-state index contributed by atoms with van der Waals surface area (Å²) in [6, 6.07) is -0.905. The van der Waals surface area contributed by atoms with Crippen molar-refractivity contribution in [2.75, 3.05) is 40.9 Å². The molecular weight excluding hydrogens is 732 g/mol. The van der Waals surface area contributed by atoms with Crippen LogP contribution in [0, 0.1) is 0 Å². The fourth-order valence-electron chi connectivity index (χ4n) is 6.75. The van der Waals surface area contributed by atoms with Crippen LogP contribution >= 0.6 is 7.82 Å². The van der Waals surface area contributed by atoms with Gasteiger partial charge in [-0.25, -0.2) is 0 Å². The zero-order valence-electron chi connectivity index (χ0n) is 38.0. The molecule has 0 aliphatic carbocycles. The summed E-state index contributed by atoms with van der Waals surface area (Å²) in [5.74, 6) is -0.216. The molecule has 0 rings (SSSR count). The molecule has 0 aromatic rings. The number of aliphatic hydroxyl groups is 1. The Hall–Kier alpha value is -1.28. The first-order chi connectivity index (χ1) is 27.5. The van der Waals surface area contributed by atoms with Crippen LogP contribution in [0.25, 0.3) is 0 Å². The van der Waals surface area contributed by atoms with E-state index in [9.17, 15) is 19.4 Å². The maximum atomic E-state index is 12.8. The molecule has 0 aromatic carbocycles. The maximum Gasteiger partial charge on any atom is 0.268 e. The molecule has 0 aliphatic heterocycles. The smallest absolute Gasteiger partial charge is 0.268 e. The van der Waals surface area contributed by atoms with Crippen molar-refractivity contribution in [1.82, 2.24) is 5.32 Å². The van der Waals surface area contributed by atoms with Crippen LogP contribution in [0.15, 0.2) is 36.5 Å². The van der Waals surface area contributed by atoms with E-state index in [1.807, 2.05) is 27.2 Å². The topological polar surface area (TPSA) is 108 Å². The van der Waals surface area contributed by atoms with Gasteiger partial charge >= 0.3 is 0 Å². The minimum Gasteiger partial charge on any atom is -0.756 e. The molecule has 0 fully saturated rings. The third kappa shape index (κ3) is 42.6. The SMILES string of the molecule is CCCCCCC/C=C\CCCCCCCC(=O)NC(COP(=O)([O-])OCC[N+](C)(C)C)C(O)/C=C/CC/C=C/CCCCCCCCCCCCCCCCC. The number of quaternary nitrogens is 1. The van der Waals surface area contributed by atoms with Crippen LogP contribution in [0.4, 0.5) is 0 Å². The second-order valence-corrected chi connectivity index (χ2v) is 18.9.